The van der Waals surface area contributed by atoms with Gasteiger partial charge in [0.05, 0.1) is 6.54 Å². The van der Waals surface area contributed by atoms with E-state index in [0.717, 1.165) is 12.3 Å². The van der Waals surface area contributed by atoms with Gasteiger partial charge in [-0.05, 0) is 29.8 Å². The van der Waals surface area contributed by atoms with Crippen LogP contribution in [0, 0.1) is 0 Å². The molecule has 23 heavy (non-hydrogen) atoms. The van der Waals surface area contributed by atoms with Crippen LogP contribution in [0.3, 0.4) is 0 Å². The lowest BCUT2D eigenvalue weighted by molar-refractivity contribution is -0.141. The maximum Gasteiger partial charge on any atom is 0.433 e. The highest BCUT2D eigenvalue weighted by Gasteiger charge is 2.31. The molecule has 3 aromatic rings. The molecule has 4 nitrogen and oxygen atoms in total. The van der Waals surface area contributed by atoms with Gasteiger partial charge >= 0.3 is 6.18 Å². The number of rotatable bonds is 2. The largest absolute Gasteiger partial charge is 0.433 e. The zero-order valence-corrected chi connectivity index (χ0v) is 11.8. The van der Waals surface area contributed by atoms with Gasteiger partial charge in [-0.15, -0.1) is 0 Å². The summed E-state index contributed by atoms with van der Waals surface area (Å²) in [4.78, 5) is 15.8. The van der Waals surface area contributed by atoms with Gasteiger partial charge in [-0.25, -0.2) is 0 Å². The van der Waals surface area contributed by atoms with Crippen LogP contribution in [0.1, 0.15) is 11.3 Å². The summed E-state index contributed by atoms with van der Waals surface area (Å²) in [5.41, 5.74) is 5.61. The number of anilines is 1. The first-order valence-corrected chi connectivity index (χ1v) is 6.76. The van der Waals surface area contributed by atoms with Crippen LogP contribution in [-0.4, -0.2) is 9.55 Å². The average Bonchev–Trinajstić information content (AvgIpc) is 2.50. The molecule has 0 saturated carbocycles. The van der Waals surface area contributed by atoms with Crippen LogP contribution >= 0.6 is 0 Å². The molecule has 0 aliphatic carbocycles. The van der Waals surface area contributed by atoms with Crippen LogP contribution in [0.2, 0.25) is 0 Å². The van der Waals surface area contributed by atoms with Crippen molar-refractivity contribution in [2.75, 3.05) is 5.73 Å². The quantitative estimate of drug-likeness (QED) is 0.739. The number of halogens is 3. The molecular weight excluding hydrogens is 307 g/mol. The van der Waals surface area contributed by atoms with E-state index in [0.29, 0.717) is 22.0 Å². The number of aromatic nitrogens is 2. The predicted octanol–water partition coefficient (Wildman–Crippen LogP) is 3.05. The fourth-order valence-electron chi connectivity index (χ4n) is 2.35. The normalized spacial score (nSPS) is 11.8. The van der Waals surface area contributed by atoms with E-state index < -0.39 is 11.9 Å². The number of pyridine rings is 2. The molecule has 7 heteroatoms. The summed E-state index contributed by atoms with van der Waals surface area (Å²) < 4.78 is 38.9. The van der Waals surface area contributed by atoms with Crippen molar-refractivity contribution in [3.05, 3.63) is 70.4 Å². The molecule has 3 rings (SSSR count). The van der Waals surface area contributed by atoms with Crippen LogP contribution in [0.25, 0.3) is 10.8 Å². The number of nitrogens with two attached hydrogens (primary N) is 1. The van der Waals surface area contributed by atoms with Crippen molar-refractivity contribution in [2.24, 2.45) is 0 Å². The average molecular weight is 319 g/mol. The van der Waals surface area contributed by atoms with Crippen molar-refractivity contribution < 1.29 is 13.2 Å². The molecule has 0 fully saturated rings. The molecular formula is C16H12F3N3O. The third kappa shape index (κ3) is 2.90. The lowest BCUT2D eigenvalue weighted by Gasteiger charge is -2.10. The molecule has 2 N–H and O–H groups in total. The van der Waals surface area contributed by atoms with Crippen molar-refractivity contribution in [3.63, 3.8) is 0 Å². The van der Waals surface area contributed by atoms with Gasteiger partial charge in [-0.2, -0.15) is 13.2 Å². The lowest BCUT2D eigenvalue weighted by Crippen LogP contribution is -2.20. The fraction of sp³-hybridized carbons (Fsp3) is 0.125. The van der Waals surface area contributed by atoms with E-state index in [9.17, 15) is 18.0 Å². The Morgan fingerprint density at radius 1 is 1.09 bits per heavy atom. The molecule has 0 bridgehead atoms. The highest BCUT2D eigenvalue weighted by atomic mass is 19.4. The van der Waals surface area contributed by atoms with Crippen LogP contribution in [0.15, 0.2) is 53.6 Å². The number of fused-ring (bicyclic) bond motifs is 1. The van der Waals surface area contributed by atoms with E-state index in [-0.39, 0.29) is 12.1 Å². The van der Waals surface area contributed by atoms with Crippen LogP contribution in [0.5, 0.6) is 0 Å². The Bertz CT molecular complexity index is 914. The molecule has 0 amide bonds. The lowest BCUT2D eigenvalue weighted by atomic mass is 10.1. The Balaban J connectivity index is 1.96. The zero-order valence-electron chi connectivity index (χ0n) is 11.8. The second kappa shape index (κ2) is 5.42. The summed E-state index contributed by atoms with van der Waals surface area (Å²) in [7, 11) is 0. The van der Waals surface area contributed by atoms with Crippen LogP contribution in [-0.2, 0) is 12.7 Å². The Morgan fingerprint density at radius 2 is 1.87 bits per heavy atom. The number of hydrogen-bond acceptors (Lipinski definition) is 3. The SMILES string of the molecule is Nc1cccc2c(=O)n(Cc3ccc(C(F)(F)F)nc3)ccc12. The predicted molar refractivity (Wildman–Crippen MR) is 81.0 cm³/mol. The van der Waals surface area contributed by atoms with Gasteiger partial charge in [0.1, 0.15) is 5.69 Å². The summed E-state index contributed by atoms with van der Waals surface area (Å²) >= 11 is 0. The zero-order chi connectivity index (χ0) is 16.6. The maximum absolute atomic E-state index is 12.5. The Hall–Kier alpha value is -2.83. The van der Waals surface area contributed by atoms with Crippen LogP contribution < -0.4 is 11.3 Å². The number of benzene rings is 1. The number of alkyl halides is 3. The van der Waals surface area contributed by atoms with Crippen molar-refractivity contribution in [3.8, 4) is 0 Å². The van der Waals surface area contributed by atoms with Gasteiger partial charge in [0, 0.05) is 28.9 Å². The topological polar surface area (TPSA) is 60.9 Å². The molecule has 0 spiro atoms. The molecule has 0 aliphatic heterocycles. The minimum Gasteiger partial charge on any atom is -0.398 e. The van der Waals surface area contributed by atoms with E-state index in [1.165, 1.54) is 10.6 Å². The summed E-state index contributed by atoms with van der Waals surface area (Å²) in [6.45, 7) is 0.134. The minimum absolute atomic E-state index is 0.134. The number of hydrogen-bond donors (Lipinski definition) is 1. The van der Waals surface area contributed by atoms with E-state index in [1.54, 1.807) is 30.5 Å². The van der Waals surface area contributed by atoms with Gasteiger partial charge in [0.2, 0.25) is 0 Å². The highest BCUT2D eigenvalue weighted by Crippen LogP contribution is 2.27. The second-order valence-corrected chi connectivity index (χ2v) is 5.11. The van der Waals surface area contributed by atoms with Crippen molar-refractivity contribution in [1.29, 1.82) is 0 Å². The Labute approximate surface area is 129 Å². The van der Waals surface area contributed by atoms with E-state index >= 15 is 0 Å². The molecule has 0 radical (unpaired) electrons. The second-order valence-electron chi connectivity index (χ2n) is 5.11. The van der Waals surface area contributed by atoms with Gasteiger partial charge in [-0.3, -0.25) is 9.78 Å². The molecule has 1 aromatic carbocycles. The van der Waals surface area contributed by atoms with Gasteiger partial charge < -0.3 is 10.3 Å². The minimum atomic E-state index is -4.48. The third-order valence-corrected chi connectivity index (χ3v) is 3.52. The van der Waals surface area contributed by atoms with Gasteiger partial charge in [0.15, 0.2) is 0 Å². The molecule has 0 aliphatic rings. The van der Waals surface area contributed by atoms with Crippen molar-refractivity contribution in [2.45, 2.75) is 12.7 Å². The first-order chi connectivity index (χ1) is 10.9. The van der Waals surface area contributed by atoms with Crippen molar-refractivity contribution >= 4 is 16.5 Å². The maximum atomic E-state index is 12.5. The highest BCUT2D eigenvalue weighted by molar-refractivity contribution is 5.91. The summed E-state index contributed by atoms with van der Waals surface area (Å²) in [5.74, 6) is 0. The van der Waals surface area contributed by atoms with Crippen LogP contribution in [0.4, 0.5) is 18.9 Å². The first-order valence-electron chi connectivity index (χ1n) is 6.76. The van der Waals surface area contributed by atoms with Crippen molar-refractivity contribution in [1.82, 2.24) is 9.55 Å². The smallest absolute Gasteiger partial charge is 0.398 e. The Kier molecular flexibility index (Phi) is 3.55. The molecule has 0 saturated heterocycles. The first kappa shape index (κ1) is 15.1. The molecule has 2 heterocycles. The third-order valence-electron chi connectivity index (χ3n) is 3.52. The van der Waals surface area contributed by atoms with E-state index in [1.807, 2.05) is 0 Å². The van der Waals surface area contributed by atoms with Gasteiger partial charge in [0.25, 0.3) is 5.56 Å². The number of nitrogen functional groups attached to an aromatic ring is 1. The van der Waals surface area contributed by atoms with E-state index in [2.05, 4.69) is 4.98 Å². The number of nitrogens with zero attached hydrogens (tertiary/aromatic N) is 2. The Morgan fingerprint density at radius 3 is 2.52 bits per heavy atom. The van der Waals surface area contributed by atoms with Gasteiger partial charge in [-0.1, -0.05) is 12.1 Å². The molecule has 118 valence electrons. The fourth-order valence-corrected chi connectivity index (χ4v) is 2.35. The van der Waals surface area contributed by atoms with E-state index in [4.69, 9.17) is 5.73 Å². The standard InChI is InChI=1S/C16H12F3N3O/c17-16(18,19)14-5-4-10(8-21-14)9-22-7-6-11-12(15(22)23)2-1-3-13(11)20/h1-8H,9,20H2. The molecule has 0 unspecified atom stereocenters. The molecule has 0 atom stereocenters. The monoisotopic (exact) mass is 319 g/mol. The summed E-state index contributed by atoms with van der Waals surface area (Å²) in [6, 6.07) is 8.97. The molecule has 2 aromatic heterocycles. The summed E-state index contributed by atoms with van der Waals surface area (Å²) in [6.07, 6.45) is -1.78. The summed E-state index contributed by atoms with van der Waals surface area (Å²) in [5, 5.41) is 1.12.